The van der Waals surface area contributed by atoms with Crippen LogP contribution in [-0.2, 0) is 24.8 Å². The predicted molar refractivity (Wildman–Crippen MR) is 164 cm³/mol. The van der Waals surface area contributed by atoms with Gasteiger partial charge in [0.2, 0.25) is 11.5 Å². The van der Waals surface area contributed by atoms with Crippen LogP contribution in [0.3, 0.4) is 0 Å². The Balaban J connectivity index is 1.66. The summed E-state index contributed by atoms with van der Waals surface area (Å²) in [5, 5.41) is 15.9. The molecule has 2 aliphatic heterocycles. The van der Waals surface area contributed by atoms with E-state index in [4.69, 9.17) is 10.6 Å². The van der Waals surface area contributed by atoms with Gasteiger partial charge in [0.1, 0.15) is 18.2 Å². The molecule has 1 aromatic heterocycles. The quantitative estimate of drug-likeness (QED) is 0.0998. The number of alkyl halides is 1. The van der Waals surface area contributed by atoms with E-state index in [1.54, 1.807) is 36.4 Å². The molecule has 14 heteroatoms. The lowest BCUT2D eigenvalue weighted by molar-refractivity contribution is -0.159. The highest BCUT2D eigenvalue weighted by Crippen LogP contribution is 2.58. The highest BCUT2D eigenvalue weighted by Gasteiger charge is 2.67. The second-order valence-electron chi connectivity index (χ2n) is 8.83. The molecule has 2 aliphatic rings. The molecular weight excluding hydrogens is 679 g/mol. The van der Waals surface area contributed by atoms with Crippen molar-refractivity contribution in [3.8, 4) is 0 Å². The molecule has 3 atom stereocenters. The van der Waals surface area contributed by atoms with Crippen LogP contribution < -0.4 is 11.1 Å². The maximum absolute atomic E-state index is 14.2. The number of carboxylic acid groups (broad SMARTS) is 1. The van der Waals surface area contributed by atoms with Gasteiger partial charge >= 0.3 is 5.97 Å². The van der Waals surface area contributed by atoms with Gasteiger partial charge in [0.15, 0.2) is 10.7 Å². The van der Waals surface area contributed by atoms with Crippen LogP contribution in [0.15, 0.2) is 89.2 Å². The largest absolute Gasteiger partial charge is 0.477 e. The number of carboxylic acids is 1. The Hall–Kier alpha value is -3.76. The number of nitrogens with one attached hydrogen (secondary N) is 1. The minimum atomic E-state index is -1.63. The van der Waals surface area contributed by atoms with E-state index >= 15 is 0 Å². The third kappa shape index (κ3) is 5.10. The molecule has 0 spiro atoms. The van der Waals surface area contributed by atoms with E-state index < -0.39 is 33.9 Å². The number of allylic oxidation sites excluding steroid dienone is 2. The molecule has 3 aromatic rings. The van der Waals surface area contributed by atoms with E-state index in [2.05, 4.69) is 42.4 Å². The average Bonchev–Trinajstić information content (AvgIpc) is 3.42. The number of aromatic nitrogens is 2. The molecule has 1 saturated heterocycles. The van der Waals surface area contributed by atoms with Crippen LogP contribution in [-0.4, -0.2) is 59.8 Å². The first-order valence-corrected chi connectivity index (χ1v) is 15.4. The van der Waals surface area contributed by atoms with Gasteiger partial charge in [-0.3, -0.25) is 14.5 Å². The Labute approximate surface area is 256 Å². The number of amides is 2. The number of anilines is 1. The van der Waals surface area contributed by atoms with Gasteiger partial charge in [-0.2, -0.15) is 9.36 Å². The molecule has 2 amide bonds. The maximum Gasteiger partial charge on any atom is 0.352 e. The number of benzene rings is 2. The minimum absolute atomic E-state index is 0.0607. The highest BCUT2D eigenvalue weighted by atomic mass is 127. The zero-order chi connectivity index (χ0) is 29.1. The summed E-state index contributed by atoms with van der Waals surface area (Å²) in [5.41, 5.74) is 5.52. The van der Waals surface area contributed by atoms with Crippen LogP contribution in [0.5, 0.6) is 0 Å². The van der Waals surface area contributed by atoms with E-state index in [0.717, 1.165) is 17.1 Å². The van der Waals surface area contributed by atoms with Gasteiger partial charge in [0, 0.05) is 21.5 Å². The van der Waals surface area contributed by atoms with Gasteiger partial charge < -0.3 is 21.0 Å². The highest BCUT2D eigenvalue weighted by molar-refractivity contribution is 14.1. The molecule has 41 heavy (non-hydrogen) atoms. The minimum Gasteiger partial charge on any atom is -0.477 e. The van der Waals surface area contributed by atoms with Gasteiger partial charge in [-0.05, 0) is 11.1 Å². The molecule has 2 unspecified atom stereocenters. The van der Waals surface area contributed by atoms with Crippen LogP contribution in [0.2, 0.25) is 0 Å². The lowest BCUT2D eigenvalue weighted by atomic mass is 9.79. The summed E-state index contributed by atoms with van der Waals surface area (Å²) in [5.74, 6) is -2.68. The Kier molecular flexibility index (Phi) is 8.42. The molecule has 0 saturated carbocycles. The molecule has 11 nitrogen and oxygen atoms in total. The second-order valence-corrected chi connectivity index (χ2v) is 11.7. The SMILES string of the molecule is CON=C(C(=O)NC1(c2ccccc2)C(=O)N2C(C(=O)O)=C(C=CCI)C(c3ccccc3)S[C@H]21)c1nsc(N)n1. The topological polar surface area (TPSA) is 160 Å². The molecule has 5 rings (SSSR count). The molecule has 3 heterocycles. The number of nitrogen functional groups attached to an aromatic ring is 1. The summed E-state index contributed by atoms with van der Waals surface area (Å²) in [6.07, 6.45) is 3.61. The van der Waals surface area contributed by atoms with Crippen molar-refractivity contribution in [1.29, 1.82) is 0 Å². The van der Waals surface area contributed by atoms with Gasteiger partial charge in [-0.15, -0.1) is 11.8 Å². The van der Waals surface area contributed by atoms with E-state index in [1.165, 1.54) is 23.8 Å². The smallest absolute Gasteiger partial charge is 0.352 e. The van der Waals surface area contributed by atoms with Crippen molar-refractivity contribution in [2.24, 2.45) is 5.16 Å². The Morgan fingerprint density at radius 1 is 1.22 bits per heavy atom. The van der Waals surface area contributed by atoms with Gasteiger partial charge in [-0.1, -0.05) is 101 Å². The molecule has 210 valence electrons. The Bertz CT molecular complexity index is 1580. The number of halogens is 1. The van der Waals surface area contributed by atoms with Crippen molar-refractivity contribution in [3.63, 3.8) is 0 Å². The predicted octanol–water partition coefficient (Wildman–Crippen LogP) is 3.47. The number of nitrogens with zero attached hydrogens (tertiary/aromatic N) is 4. The fraction of sp³-hybridized carbons (Fsp3) is 0.185. The summed E-state index contributed by atoms with van der Waals surface area (Å²) >= 11 is 4.43. The molecule has 0 bridgehead atoms. The third-order valence-corrected chi connectivity index (χ3v) is 9.18. The Morgan fingerprint density at radius 2 is 1.90 bits per heavy atom. The average molecular weight is 703 g/mol. The molecule has 2 aromatic carbocycles. The molecule has 1 fully saturated rings. The van der Waals surface area contributed by atoms with E-state index in [1.807, 2.05) is 36.4 Å². The van der Waals surface area contributed by atoms with E-state index in [-0.39, 0.29) is 22.4 Å². The zero-order valence-electron chi connectivity index (χ0n) is 21.4. The fourth-order valence-electron chi connectivity index (χ4n) is 4.83. The maximum atomic E-state index is 14.2. The first-order chi connectivity index (χ1) is 19.8. The van der Waals surface area contributed by atoms with Crippen molar-refractivity contribution in [1.82, 2.24) is 19.6 Å². The Morgan fingerprint density at radius 3 is 2.49 bits per heavy atom. The first kappa shape index (κ1) is 28.8. The summed E-state index contributed by atoms with van der Waals surface area (Å²) in [7, 11) is 1.27. The molecular formula is C27H23IN6O5S2. The van der Waals surface area contributed by atoms with E-state index in [0.29, 0.717) is 15.6 Å². The lowest BCUT2D eigenvalue weighted by Gasteiger charge is -2.58. The number of hydrogen-bond donors (Lipinski definition) is 3. The number of nitrogens with two attached hydrogens (primary N) is 1. The summed E-state index contributed by atoms with van der Waals surface area (Å²) in [6.45, 7) is 0. The second kappa shape index (κ2) is 12.0. The number of β-lactam (4-membered cyclic amide) rings is 1. The van der Waals surface area contributed by atoms with Crippen molar-refractivity contribution in [2.45, 2.75) is 16.2 Å². The van der Waals surface area contributed by atoms with E-state index in [9.17, 15) is 19.5 Å². The number of oxime groups is 1. The number of carbonyl (C=O) groups is 3. The monoisotopic (exact) mass is 702 g/mol. The number of thioether (sulfide) groups is 1. The number of rotatable bonds is 9. The van der Waals surface area contributed by atoms with Crippen LogP contribution in [0.1, 0.15) is 22.2 Å². The molecule has 0 aliphatic carbocycles. The van der Waals surface area contributed by atoms with Crippen LogP contribution >= 0.6 is 45.9 Å². The first-order valence-electron chi connectivity index (χ1n) is 12.2. The third-order valence-electron chi connectivity index (χ3n) is 6.51. The fourth-order valence-corrected chi connectivity index (χ4v) is 7.25. The van der Waals surface area contributed by atoms with Crippen molar-refractivity contribution < 1.29 is 24.3 Å². The van der Waals surface area contributed by atoms with Gasteiger partial charge in [0.05, 0.1) is 5.25 Å². The number of carbonyl (C=O) groups excluding carboxylic acids is 2. The lowest BCUT2D eigenvalue weighted by Crippen LogP contribution is -2.78. The summed E-state index contributed by atoms with van der Waals surface area (Å²) in [4.78, 5) is 50.9. The van der Waals surface area contributed by atoms with Crippen LogP contribution in [0, 0.1) is 0 Å². The number of fused-ring (bicyclic) bond motifs is 1. The molecule has 4 N–H and O–H groups in total. The number of hydrogen-bond acceptors (Lipinski definition) is 10. The van der Waals surface area contributed by atoms with Crippen LogP contribution in [0.25, 0.3) is 0 Å². The normalized spacial score (nSPS) is 22.3. The zero-order valence-corrected chi connectivity index (χ0v) is 25.2. The van der Waals surface area contributed by atoms with Gasteiger partial charge in [-0.25, -0.2) is 4.79 Å². The van der Waals surface area contributed by atoms with Crippen LogP contribution in [0.4, 0.5) is 5.13 Å². The van der Waals surface area contributed by atoms with Crippen molar-refractivity contribution in [2.75, 3.05) is 17.3 Å². The van der Waals surface area contributed by atoms with Gasteiger partial charge in [0.25, 0.3) is 11.8 Å². The number of aliphatic carboxylic acids is 1. The summed E-state index contributed by atoms with van der Waals surface area (Å²) in [6, 6.07) is 18.2. The summed E-state index contributed by atoms with van der Waals surface area (Å²) < 4.78 is 4.72. The van der Waals surface area contributed by atoms with Crippen molar-refractivity contribution in [3.05, 3.63) is 101 Å². The van der Waals surface area contributed by atoms with Crippen molar-refractivity contribution >= 4 is 74.5 Å². The standard InChI is InChI=1S/C27H23IN6O5S2/c1-39-32-18(21-30-26(29)41-33-21)22(35)31-27(16-11-6-3-7-12-16)24(38)34-19(23(36)37)17(13-8-14-28)20(40-25(27)34)15-9-4-2-5-10-15/h2-13,20,25H,14H2,1H3,(H,31,35)(H,36,37)(H2,29,30,33)/t20?,25-,27?/m0/s1. The molecule has 0 radical (unpaired) electrons.